The van der Waals surface area contributed by atoms with Gasteiger partial charge in [-0.3, -0.25) is 4.79 Å². The van der Waals surface area contributed by atoms with Gasteiger partial charge in [-0.1, -0.05) is 6.07 Å². The molecule has 1 unspecified atom stereocenters. The molecule has 1 amide bonds. The highest BCUT2D eigenvalue weighted by atomic mass is 16.5. The molecular formula is C16H19N3O3. The van der Waals surface area contributed by atoms with Crippen molar-refractivity contribution in [2.24, 2.45) is 0 Å². The van der Waals surface area contributed by atoms with Crippen LogP contribution in [0.15, 0.2) is 24.4 Å². The number of aromatic hydroxyl groups is 1. The van der Waals surface area contributed by atoms with E-state index in [-0.39, 0.29) is 23.3 Å². The fourth-order valence-electron chi connectivity index (χ4n) is 2.59. The lowest BCUT2D eigenvalue weighted by atomic mass is 10.0. The third-order valence-electron chi connectivity index (χ3n) is 4.11. The van der Waals surface area contributed by atoms with Gasteiger partial charge in [-0.2, -0.15) is 5.10 Å². The van der Waals surface area contributed by atoms with Gasteiger partial charge in [-0.15, -0.1) is 0 Å². The smallest absolute Gasteiger partial charge is 0.260 e. The second kappa shape index (κ2) is 5.81. The van der Waals surface area contributed by atoms with Crippen LogP contribution in [0.25, 0.3) is 0 Å². The van der Waals surface area contributed by atoms with E-state index < -0.39 is 0 Å². The van der Waals surface area contributed by atoms with Crippen molar-refractivity contribution in [3.63, 3.8) is 0 Å². The number of rotatable bonds is 3. The summed E-state index contributed by atoms with van der Waals surface area (Å²) >= 11 is 0. The standard InChI is InChI=1S/C16H19N3O3/c1-10-3-4-13(15(20)11(10)2)16(21)18-14-5-7-17-19(14)12-6-8-22-9-12/h3-5,7,12,20H,6,8-9H2,1-2H3,(H,18,21). The van der Waals surface area contributed by atoms with Gasteiger partial charge in [-0.25, -0.2) is 4.68 Å². The molecule has 3 rings (SSSR count). The summed E-state index contributed by atoms with van der Waals surface area (Å²) in [5, 5.41) is 17.2. The first-order valence-electron chi connectivity index (χ1n) is 7.29. The molecule has 1 aromatic heterocycles. The number of carbonyl (C=O) groups excluding carboxylic acids is 1. The molecule has 6 heteroatoms. The van der Waals surface area contributed by atoms with Crippen molar-refractivity contribution in [2.45, 2.75) is 26.3 Å². The molecule has 2 N–H and O–H groups in total. The highest BCUT2D eigenvalue weighted by Gasteiger charge is 2.22. The number of hydrogen-bond acceptors (Lipinski definition) is 4. The number of nitrogens with one attached hydrogen (secondary N) is 1. The van der Waals surface area contributed by atoms with Crippen LogP contribution in [-0.4, -0.2) is 34.0 Å². The van der Waals surface area contributed by atoms with Crippen molar-refractivity contribution in [1.82, 2.24) is 9.78 Å². The van der Waals surface area contributed by atoms with E-state index in [0.717, 1.165) is 12.0 Å². The van der Waals surface area contributed by atoms with Crippen LogP contribution in [0.1, 0.15) is 33.9 Å². The summed E-state index contributed by atoms with van der Waals surface area (Å²) in [5.74, 6) is 0.284. The zero-order chi connectivity index (χ0) is 15.7. The lowest BCUT2D eigenvalue weighted by molar-refractivity contribution is 0.102. The van der Waals surface area contributed by atoms with Crippen molar-refractivity contribution in [3.05, 3.63) is 41.1 Å². The number of nitrogens with zero attached hydrogens (tertiary/aromatic N) is 2. The number of carbonyl (C=O) groups is 1. The molecule has 1 atom stereocenters. The summed E-state index contributed by atoms with van der Waals surface area (Å²) in [6, 6.07) is 5.34. The maximum Gasteiger partial charge on any atom is 0.260 e. The Morgan fingerprint density at radius 1 is 1.41 bits per heavy atom. The van der Waals surface area contributed by atoms with Crippen LogP contribution in [0.4, 0.5) is 5.82 Å². The fourth-order valence-corrected chi connectivity index (χ4v) is 2.59. The van der Waals surface area contributed by atoms with E-state index in [1.807, 2.05) is 13.0 Å². The molecule has 2 aromatic rings. The molecule has 2 heterocycles. The molecule has 0 bridgehead atoms. The molecule has 0 aliphatic carbocycles. The number of benzene rings is 1. The Kier molecular flexibility index (Phi) is 3.85. The van der Waals surface area contributed by atoms with E-state index in [9.17, 15) is 9.90 Å². The summed E-state index contributed by atoms with van der Waals surface area (Å²) in [5.41, 5.74) is 1.92. The Balaban J connectivity index is 1.83. The van der Waals surface area contributed by atoms with Gasteiger partial charge in [0, 0.05) is 12.7 Å². The van der Waals surface area contributed by atoms with E-state index in [2.05, 4.69) is 10.4 Å². The molecule has 22 heavy (non-hydrogen) atoms. The minimum absolute atomic E-state index is 0.0211. The van der Waals surface area contributed by atoms with Gasteiger partial charge >= 0.3 is 0 Å². The number of anilines is 1. The highest BCUT2D eigenvalue weighted by molar-refractivity contribution is 6.06. The molecule has 0 radical (unpaired) electrons. The van der Waals surface area contributed by atoms with Crippen LogP contribution < -0.4 is 5.32 Å². The minimum Gasteiger partial charge on any atom is -0.507 e. The van der Waals surface area contributed by atoms with Crippen molar-refractivity contribution in [3.8, 4) is 5.75 Å². The number of hydrogen-bond donors (Lipinski definition) is 2. The van der Waals surface area contributed by atoms with Crippen LogP contribution >= 0.6 is 0 Å². The summed E-state index contributed by atoms with van der Waals surface area (Å²) in [6.45, 7) is 4.99. The maximum atomic E-state index is 12.4. The summed E-state index contributed by atoms with van der Waals surface area (Å²) < 4.78 is 7.13. The average Bonchev–Trinajstić information content (AvgIpc) is 3.15. The normalized spacial score (nSPS) is 17.6. The van der Waals surface area contributed by atoms with Gasteiger partial charge in [0.25, 0.3) is 5.91 Å². The Bertz CT molecular complexity index is 703. The quantitative estimate of drug-likeness (QED) is 0.913. The Hall–Kier alpha value is -2.34. The van der Waals surface area contributed by atoms with E-state index >= 15 is 0 Å². The van der Waals surface area contributed by atoms with Crippen LogP contribution in [0, 0.1) is 13.8 Å². The Morgan fingerprint density at radius 2 is 2.23 bits per heavy atom. The molecular weight excluding hydrogens is 282 g/mol. The number of aryl methyl sites for hydroxylation is 1. The number of aromatic nitrogens is 2. The van der Waals surface area contributed by atoms with E-state index in [4.69, 9.17) is 4.74 Å². The fraction of sp³-hybridized carbons (Fsp3) is 0.375. The number of ether oxygens (including phenoxy) is 1. The average molecular weight is 301 g/mol. The van der Waals surface area contributed by atoms with Gasteiger partial charge in [0.05, 0.1) is 24.4 Å². The third-order valence-corrected chi connectivity index (χ3v) is 4.11. The number of amides is 1. The molecule has 116 valence electrons. The van der Waals surface area contributed by atoms with E-state index in [1.54, 1.807) is 29.9 Å². The largest absolute Gasteiger partial charge is 0.507 e. The van der Waals surface area contributed by atoms with Crippen LogP contribution in [-0.2, 0) is 4.74 Å². The molecule has 6 nitrogen and oxygen atoms in total. The van der Waals surface area contributed by atoms with E-state index in [1.165, 1.54) is 0 Å². The predicted octanol–water partition coefficient (Wildman–Crippen LogP) is 2.42. The van der Waals surface area contributed by atoms with Gasteiger partial charge in [0.2, 0.25) is 0 Å². The predicted molar refractivity (Wildman–Crippen MR) is 82.2 cm³/mol. The third kappa shape index (κ3) is 2.57. The first-order chi connectivity index (χ1) is 10.6. The van der Waals surface area contributed by atoms with Crippen molar-refractivity contribution >= 4 is 11.7 Å². The van der Waals surface area contributed by atoms with Crippen molar-refractivity contribution in [2.75, 3.05) is 18.5 Å². The van der Waals surface area contributed by atoms with Crippen LogP contribution in [0.3, 0.4) is 0 Å². The Labute approximate surface area is 128 Å². The maximum absolute atomic E-state index is 12.4. The zero-order valence-corrected chi connectivity index (χ0v) is 12.7. The summed E-state index contributed by atoms with van der Waals surface area (Å²) in [6.07, 6.45) is 2.52. The first kappa shape index (κ1) is 14.6. The van der Waals surface area contributed by atoms with Gasteiger partial charge < -0.3 is 15.2 Å². The molecule has 0 saturated carbocycles. The highest BCUT2D eigenvalue weighted by Crippen LogP contribution is 2.27. The van der Waals surface area contributed by atoms with E-state index in [0.29, 0.717) is 24.6 Å². The van der Waals surface area contributed by atoms with Gasteiger partial charge in [0.1, 0.15) is 11.6 Å². The molecule has 1 aliphatic rings. The van der Waals surface area contributed by atoms with Crippen molar-refractivity contribution < 1.29 is 14.6 Å². The van der Waals surface area contributed by atoms with Crippen LogP contribution in [0.2, 0.25) is 0 Å². The summed E-state index contributed by atoms with van der Waals surface area (Å²) in [4.78, 5) is 12.4. The summed E-state index contributed by atoms with van der Waals surface area (Å²) in [7, 11) is 0. The van der Waals surface area contributed by atoms with Crippen molar-refractivity contribution in [1.29, 1.82) is 0 Å². The second-order valence-electron chi connectivity index (χ2n) is 5.54. The minimum atomic E-state index is -0.346. The topological polar surface area (TPSA) is 76.4 Å². The lowest BCUT2D eigenvalue weighted by Crippen LogP contribution is -2.19. The van der Waals surface area contributed by atoms with Crippen LogP contribution in [0.5, 0.6) is 5.75 Å². The molecule has 0 spiro atoms. The second-order valence-corrected chi connectivity index (χ2v) is 5.54. The first-order valence-corrected chi connectivity index (χ1v) is 7.29. The molecule has 1 fully saturated rings. The van der Waals surface area contributed by atoms with Gasteiger partial charge in [-0.05, 0) is 37.5 Å². The van der Waals surface area contributed by atoms with Gasteiger partial charge in [0.15, 0.2) is 0 Å². The SMILES string of the molecule is Cc1ccc(C(=O)Nc2ccnn2C2CCOC2)c(O)c1C. The zero-order valence-electron chi connectivity index (χ0n) is 12.7. The molecule has 1 aromatic carbocycles. The number of phenols is 1. The monoisotopic (exact) mass is 301 g/mol. The Morgan fingerprint density at radius 3 is 2.95 bits per heavy atom. The molecule has 1 aliphatic heterocycles. The lowest BCUT2D eigenvalue weighted by Gasteiger charge is -2.14. The molecule has 1 saturated heterocycles. The number of phenolic OH excluding ortho intramolecular Hbond substituents is 1.